The van der Waals surface area contributed by atoms with Crippen molar-refractivity contribution in [1.29, 1.82) is 0 Å². The van der Waals surface area contributed by atoms with Crippen LogP contribution < -0.4 is 9.44 Å². The van der Waals surface area contributed by atoms with E-state index in [0.717, 1.165) is 0 Å². The third kappa shape index (κ3) is 4.76. The molecule has 3 aromatic rings. The van der Waals surface area contributed by atoms with Gasteiger partial charge in [0.1, 0.15) is 5.82 Å². The highest BCUT2D eigenvalue weighted by molar-refractivity contribution is 7.93. The maximum Gasteiger partial charge on any atom is 0.263 e. The number of anilines is 2. The topological polar surface area (TPSA) is 105 Å². The molecule has 0 fully saturated rings. The van der Waals surface area contributed by atoms with Gasteiger partial charge >= 0.3 is 0 Å². The van der Waals surface area contributed by atoms with Crippen molar-refractivity contribution in [3.05, 3.63) is 77.9 Å². The van der Waals surface area contributed by atoms with Crippen molar-refractivity contribution in [1.82, 2.24) is 4.98 Å². The minimum Gasteiger partial charge on any atom is -0.280 e. The number of hydrogen-bond donors (Lipinski definition) is 2. The van der Waals surface area contributed by atoms with Gasteiger partial charge in [-0.3, -0.25) is 9.44 Å². The van der Waals surface area contributed by atoms with Gasteiger partial charge in [-0.25, -0.2) is 21.8 Å². The number of benzene rings is 2. The van der Waals surface area contributed by atoms with Crippen LogP contribution in [0.5, 0.6) is 0 Å². The van der Waals surface area contributed by atoms with E-state index >= 15 is 0 Å². The Morgan fingerprint density at radius 2 is 1.26 bits per heavy atom. The molecule has 7 nitrogen and oxygen atoms in total. The van der Waals surface area contributed by atoms with Crippen LogP contribution in [-0.4, -0.2) is 21.8 Å². The highest BCUT2D eigenvalue weighted by Gasteiger charge is 2.17. The molecule has 0 aliphatic rings. The molecule has 27 heavy (non-hydrogen) atoms. The molecule has 2 N–H and O–H groups in total. The Labute approximate surface area is 162 Å². The molecule has 0 spiro atoms. The van der Waals surface area contributed by atoms with Crippen LogP contribution in [0.3, 0.4) is 0 Å². The van der Waals surface area contributed by atoms with Gasteiger partial charge in [-0.05, 0) is 60.7 Å². The zero-order valence-electron chi connectivity index (χ0n) is 13.7. The Kier molecular flexibility index (Phi) is 5.36. The molecule has 0 saturated carbocycles. The van der Waals surface area contributed by atoms with E-state index in [2.05, 4.69) is 14.4 Å². The molecule has 2 aromatic carbocycles. The molecule has 0 unspecified atom stereocenters. The van der Waals surface area contributed by atoms with Crippen LogP contribution in [0.1, 0.15) is 0 Å². The zero-order valence-corrected chi connectivity index (χ0v) is 16.1. The van der Waals surface area contributed by atoms with Crippen molar-refractivity contribution in [2.45, 2.75) is 9.79 Å². The van der Waals surface area contributed by atoms with Crippen molar-refractivity contribution in [3.8, 4) is 0 Å². The van der Waals surface area contributed by atoms with E-state index in [1.54, 1.807) is 12.1 Å². The first-order valence-corrected chi connectivity index (χ1v) is 10.9. The minimum absolute atomic E-state index is 0.0254. The standard InChI is InChI=1S/C17H14ClN3O4S2/c18-13-4-8-15(9-5-13)26(22,23)20-14-6-10-16(11-7-14)27(24,25)21-17-3-1-2-12-19-17/h1-12,20H,(H,19,21). The van der Waals surface area contributed by atoms with Crippen LogP contribution in [0, 0.1) is 0 Å². The summed E-state index contributed by atoms with van der Waals surface area (Å²) in [6, 6.07) is 15.8. The minimum atomic E-state index is -3.84. The smallest absolute Gasteiger partial charge is 0.263 e. The summed E-state index contributed by atoms with van der Waals surface area (Å²) in [6.45, 7) is 0. The van der Waals surface area contributed by atoms with Gasteiger partial charge in [-0.1, -0.05) is 17.7 Å². The van der Waals surface area contributed by atoms with Crippen LogP contribution in [-0.2, 0) is 20.0 Å². The summed E-state index contributed by atoms with van der Waals surface area (Å²) in [5, 5.41) is 0.420. The van der Waals surface area contributed by atoms with Gasteiger partial charge in [0, 0.05) is 16.9 Å². The molecular formula is C17H14ClN3O4S2. The largest absolute Gasteiger partial charge is 0.280 e. The van der Waals surface area contributed by atoms with Crippen LogP contribution in [0.4, 0.5) is 11.5 Å². The lowest BCUT2D eigenvalue weighted by Gasteiger charge is -2.10. The first-order chi connectivity index (χ1) is 12.8. The molecule has 0 bridgehead atoms. The van der Waals surface area contributed by atoms with E-state index in [4.69, 9.17) is 11.6 Å². The number of nitrogens with zero attached hydrogens (tertiary/aromatic N) is 1. The van der Waals surface area contributed by atoms with Crippen molar-refractivity contribution in [2.75, 3.05) is 9.44 Å². The van der Waals surface area contributed by atoms with E-state index < -0.39 is 20.0 Å². The predicted octanol–water partition coefficient (Wildman–Crippen LogP) is 3.34. The van der Waals surface area contributed by atoms with Crippen molar-refractivity contribution in [2.24, 2.45) is 0 Å². The number of rotatable bonds is 6. The zero-order chi connectivity index (χ0) is 19.5. The summed E-state index contributed by atoms with van der Waals surface area (Å²) in [5.74, 6) is 0.185. The molecule has 0 atom stereocenters. The fourth-order valence-corrected chi connectivity index (χ4v) is 4.34. The van der Waals surface area contributed by atoms with Crippen molar-refractivity contribution < 1.29 is 16.8 Å². The summed E-state index contributed by atoms with van der Waals surface area (Å²) in [6.07, 6.45) is 1.46. The van der Waals surface area contributed by atoms with Crippen LogP contribution >= 0.6 is 11.6 Å². The fourth-order valence-electron chi connectivity index (χ4n) is 2.15. The number of pyridine rings is 1. The van der Waals surface area contributed by atoms with Gasteiger partial charge in [0.2, 0.25) is 0 Å². The number of hydrogen-bond acceptors (Lipinski definition) is 5. The SMILES string of the molecule is O=S(=O)(Nc1ccc(S(=O)(=O)Nc2ccccn2)cc1)c1ccc(Cl)cc1. The molecule has 1 aromatic heterocycles. The van der Waals surface area contributed by atoms with E-state index in [1.807, 2.05) is 0 Å². The van der Waals surface area contributed by atoms with Crippen LogP contribution in [0.25, 0.3) is 0 Å². The Bertz CT molecular complexity index is 1130. The van der Waals surface area contributed by atoms with Crippen LogP contribution in [0.2, 0.25) is 5.02 Å². The first kappa shape index (κ1) is 19.2. The summed E-state index contributed by atoms with van der Waals surface area (Å²) in [5.41, 5.74) is 0.224. The summed E-state index contributed by atoms with van der Waals surface area (Å²) in [4.78, 5) is 3.92. The quantitative estimate of drug-likeness (QED) is 0.632. The number of nitrogens with one attached hydrogen (secondary N) is 2. The molecule has 10 heteroatoms. The van der Waals surface area contributed by atoms with Gasteiger partial charge < -0.3 is 0 Å². The number of aromatic nitrogens is 1. The monoisotopic (exact) mass is 423 g/mol. The van der Waals surface area contributed by atoms with Gasteiger partial charge in [0.05, 0.1) is 9.79 Å². The predicted molar refractivity (Wildman–Crippen MR) is 104 cm³/mol. The Morgan fingerprint density at radius 1 is 0.704 bits per heavy atom. The maximum absolute atomic E-state index is 12.3. The van der Waals surface area contributed by atoms with Gasteiger partial charge in [0.25, 0.3) is 20.0 Å². The molecule has 0 radical (unpaired) electrons. The molecule has 1 heterocycles. The lowest BCUT2D eigenvalue weighted by Crippen LogP contribution is -2.15. The van der Waals surface area contributed by atoms with Crippen LogP contribution in [0.15, 0.2) is 82.7 Å². The normalized spacial score (nSPS) is 11.7. The molecular weight excluding hydrogens is 410 g/mol. The number of halogens is 1. The Balaban J connectivity index is 1.78. The molecule has 0 saturated heterocycles. The van der Waals surface area contributed by atoms with Gasteiger partial charge in [-0.2, -0.15) is 0 Å². The Hall–Kier alpha value is -2.62. The lowest BCUT2D eigenvalue weighted by molar-refractivity contribution is 0.600. The molecule has 0 aliphatic heterocycles. The number of sulfonamides is 2. The average molecular weight is 424 g/mol. The van der Waals surface area contributed by atoms with Crippen molar-refractivity contribution >= 4 is 43.2 Å². The fraction of sp³-hybridized carbons (Fsp3) is 0. The summed E-state index contributed by atoms with van der Waals surface area (Å²) in [7, 11) is -7.65. The highest BCUT2D eigenvalue weighted by Crippen LogP contribution is 2.21. The third-order valence-corrected chi connectivity index (χ3v) is 6.46. The third-order valence-electron chi connectivity index (χ3n) is 3.44. The summed E-state index contributed by atoms with van der Waals surface area (Å²) < 4.78 is 54.1. The molecule has 3 rings (SSSR count). The molecule has 0 aliphatic carbocycles. The molecule has 140 valence electrons. The van der Waals surface area contributed by atoms with E-state index in [9.17, 15) is 16.8 Å². The second-order valence-corrected chi connectivity index (χ2v) is 9.21. The van der Waals surface area contributed by atoms with E-state index in [0.29, 0.717) is 5.02 Å². The highest BCUT2D eigenvalue weighted by atomic mass is 35.5. The van der Waals surface area contributed by atoms with Gasteiger partial charge in [-0.15, -0.1) is 0 Å². The second-order valence-electron chi connectivity index (χ2n) is 5.40. The molecule has 0 amide bonds. The summed E-state index contributed by atoms with van der Waals surface area (Å²) >= 11 is 5.76. The average Bonchev–Trinajstić information content (AvgIpc) is 2.63. The Morgan fingerprint density at radius 3 is 1.81 bits per heavy atom. The van der Waals surface area contributed by atoms with Crippen molar-refractivity contribution in [3.63, 3.8) is 0 Å². The van der Waals surface area contributed by atoms with Gasteiger partial charge in [0.15, 0.2) is 0 Å². The van der Waals surface area contributed by atoms with E-state index in [-0.39, 0.29) is 21.3 Å². The first-order valence-electron chi connectivity index (χ1n) is 7.59. The van der Waals surface area contributed by atoms with E-state index in [1.165, 1.54) is 60.8 Å². The second kappa shape index (κ2) is 7.55. The lowest BCUT2D eigenvalue weighted by atomic mass is 10.3. The maximum atomic E-state index is 12.3.